The largest absolute Gasteiger partial charge is 0.480 e. The molecular formula is C17H32N2O. The van der Waals surface area contributed by atoms with Crippen LogP contribution in [0.5, 0.6) is 5.88 Å². The van der Waals surface area contributed by atoms with Gasteiger partial charge < -0.3 is 4.74 Å². The van der Waals surface area contributed by atoms with Crippen LogP contribution in [0.3, 0.4) is 0 Å². The number of H-pyrrole nitrogens is 1. The van der Waals surface area contributed by atoms with E-state index in [1.165, 1.54) is 63.5 Å². The molecule has 20 heavy (non-hydrogen) atoms. The molecule has 3 heteroatoms. The summed E-state index contributed by atoms with van der Waals surface area (Å²) in [6, 6.07) is 2.08. The summed E-state index contributed by atoms with van der Waals surface area (Å²) in [4.78, 5) is 0. The van der Waals surface area contributed by atoms with Crippen molar-refractivity contribution in [2.24, 2.45) is 0 Å². The summed E-state index contributed by atoms with van der Waals surface area (Å²) in [6.07, 6.45) is 11.6. The second-order valence-corrected chi connectivity index (χ2v) is 6.15. The third-order valence-corrected chi connectivity index (χ3v) is 4.33. The van der Waals surface area contributed by atoms with Gasteiger partial charge in [-0.1, -0.05) is 65.7 Å². The average Bonchev–Trinajstić information content (AvgIpc) is 2.94. The zero-order valence-electron chi connectivity index (χ0n) is 13.8. The molecule has 116 valence electrons. The Bertz CT molecular complexity index is 362. The minimum Gasteiger partial charge on any atom is -0.480 e. The monoisotopic (exact) mass is 280 g/mol. The van der Waals surface area contributed by atoms with Crippen LogP contribution < -0.4 is 4.74 Å². The van der Waals surface area contributed by atoms with Crippen molar-refractivity contribution in [3.8, 4) is 5.88 Å². The van der Waals surface area contributed by atoms with Crippen LogP contribution in [0.15, 0.2) is 6.07 Å². The summed E-state index contributed by atoms with van der Waals surface area (Å²) in [5.74, 6) is 0.704. The number of nitrogens with one attached hydrogen (secondary N) is 1. The molecule has 0 amide bonds. The van der Waals surface area contributed by atoms with Crippen LogP contribution in [0, 0.1) is 0 Å². The van der Waals surface area contributed by atoms with E-state index in [1.807, 2.05) is 0 Å². The number of nitrogens with zero attached hydrogens (tertiary/aromatic N) is 1. The molecule has 1 atom stereocenters. The van der Waals surface area contributed by atoms with Crippen LogP contribution in [0.25, 0.3) is 0 Å². The molecule has 0 aromatic carbocycles. The molecule has 0 bridgehead atoms. The average molecular weight is 280 g/mol. The highest BCUT2D eigenvalue weighted by Crippen LogP contribution is 2.35. The van der Waals surface area contributed by atoms with E-state index in [0.29, 0.717) is 5.88 Å². The molecule has 0 fully saturated rings. The molecule has 1 rings (SSSR count). The normalized spacial score (nSPS) is 14.2. The lowest BCUT2D eigenvalue weighted by molar-refractivity contribution is 0.356. The van der Waals surface area contributed by atoms with Crippen LogP contribution in [0.4, 0.5) is 0 Å². The Labute approximate surface area is 124 Å². The summed E-state index contributed by atoms with van der Waals surface area (Å²) in [5, 5.41) is 7.42. The lowest BCUT2D eigenvalue weighted by atomic mass is 9.77. The van der Waals surface area contributed by atoms with Gasteiger partial charge in [-0.25, -0.2) is 0 Å². The number of hydrogen-bond donors (Lipinski definition) is 1. The van der Waals surface area contributed by atoms with Crippen molar-refractivity contribution in [3.05, 3.63) is 11.8 Å². The Morgan fingerprint density at radius 2 is 1.65 bits per heavy atom. The van der Waals surface area contributed by atoms with E-state index >= 15 is 0 Å². The topological polar surface area (TPSA) is 37.9 Å². The van der Waals surface area contributed by atoms with Crippen molar-refractivity contribution in [1.82, 2.24) is 10.2 Å². The van der Waals surface area contributed by atoms with Gasteiger partial charge in [0.15, 0.2) is 0 Å². The van der Waals surface area contributed by atoms with E-state index in [1.54, 1.807) is 7.11 Å². The van der Waals surface area contributed by atoms with Crippen molar-refractivity contribution in [2.75, 3.05) is 7.11 Å². The highest BCUT2D eigenvalue weighted by molar-refractivity contribution is 5.21. The van der Waals surface area contributed by atoms with Gasteiger partial charge in [-0.15, -0.1) is 5.10 Å². The Kier molecular flexibility index (Phi) is 7.71. The van der Waals surface area contributed by atoms with Crippen molar-refractivity contribution in [2.45, 2.75) is 84.0 Å². The molecule has 1 aromatic rings. The Balaban J connectivity index is 2.66. The van der Waals surface area contributed by atoms with Gasteiger partial charge in [-0.2, -0.15) is 0 Å². The van der Waals surface area contributed by atoms with Gasteiger partial charge >= 0.3 is 0 Å². The molecule has 0 aliphatic carbocycles. The first-order chi connectivity index (χ1) is 9.66. The maximum atomic E-state index is 5.22. The molecule has 0 aliphatic heterocycles. The first-order valence-corrected chi connectivity index (χ1v) is 8.26. The lowest BCUT2D eigenvalue weighted by Crippen LogP contribution is -2.22. The SMILES string of the molecule is CCCCCCC(C)(CCCCC)c1cc(OC)n[nH]1. The minimum absolute atomic E-state index is 0.215. The number of methoxy groups -OCH3 is 1. The Morgan fingerprint density at radius 3 is 2.20 bits per heavy atom. The second-order valence-electron chi connectivity index (χ2n) is 6.15. The van der Waals surface area contributed by atoms with E-state index in [9.17, 15) is 0 Å². The number of unbranched alkanes of at least 4 members (excludes halogenated alkanes) is 5. The molecular weight excluding hydrogens is 248 g/mol. The molecule has 1 N–H and O–H groups in total. The second kappa shape index (κ2) is 9.04. The van der Waals surface area contributed by atoms with Gasteiger partial charge in [-0.05, 0) is 12.8 Å². The van der Waals surface area contributed by atoms with E-state index in [2.05, 4.69) is 37.0 Å². The fourth-order valence-corrected chi connectivity index (χ4v) is 2.82. The van der Waals surface area contributed by atoms with Gasteiger partial charge in [0.25, 0.3) is 0 Å². The Hall–Kier alpha value is -0.990. The highest BCUT2D eigenvalue weighted by Gasteiger charge is 2.28. The molecule has 0 spiro atoms. The molecule has 0 radical (unpaired) electrons. The molecule has 1 unspecified atom stereocenters. The Morgan fingerprint density at radius 1 is 1.05 bits per heavy atom. The molecule has 1 heterocycles. The number of aromatic amines is 1. The van der Waals surface area contributed by atoms with Gasteiger partial charge in [-0.3, -0.25) is 5.10 Å². The fourth-order valence-electron chi connectivity index (χ4n) is 2.82. The standard InChI is InChI=1S/C17H32N2O/c1-5-7-9-11-13-17(3,12-10-8-6-2)15-14-16(20-4)19-18-15/h14H,5-13H2,1-4H3,(H,18,19). The van der Waals surface area contributed by atoms with Gasteiger partial charge in [0.05, 0.1) is 7.11 Å². The summed E-state index contributed by atoms with van der Waals surface area (Å²) in [7, 11) is 1.68. The van der Waals surface area contributed by atoms with Crippen molar-refractivity contribution in [1.29, 1.82) is 0 Å². The lowest BCUT2D eigenvalue weighted by Gasteiger charge is -2.28. The van der Waals surface area contributed by atoms with Crippen molar-refractivity contribution < 1.29 is 4.74 Å². The van der Waals surface area contributed by atoms with Crippen LogP contribution in [-0.4, -0.2) is 17.3 Å². The maximum Gasteiger partial charge on any atom is 0.232 e. The third-order valence-electron chi connectivity index (χ3n) is 4.33. The zero-order chi connectivity index (χ0) is 14.8. The number of ether oxygens (including phenoxy) is 1. The van der Waals surface area contributed by atoms with Gasteiger partial charge in [0.2, 0.25) is 5.88 Å². The molecule has 0 aliphatic rings. The summed E-state index contributed by atoms with van der Waals surface area (Å²) in [6.45, 7) is 6.90. The minimum atomic E-state index is 0.215. The van der Waals surface area contributed by atoms with Crippen molar-refractivity contribution in [3.63, 3.8) is 0 Å². The number of aromatic nitrogens is 2. The molecule has 0 saturated heterocycles. The quantitative estimate of drug-likeness (QED) is 0.564. The number of hydrogen-bond acceptors (Lipinski definition) is 2. The van der Waals surface area contributed by atoms with Crippen molar-refractivity contribution >= 4 is 0 Å². The van der Waals surface area contributed by atoms with Crippen LogP contribution in [0.2, 0.25) is 0 Å². The van der Waals surface area contributed by atoms with Crippen LogP contribution in [-0.2, 0) is 5.41 Å². The predicted molar refractivity (Wildman–Crippen MR) is 85.4 cm³/mol. The van der Waals surface area contributed by atoms with Gasteiger partial charge in [0.1, 0.15) is 0 Å². The van der Waals surface area contributed by atoms with Gasteiger partial charge in [0, 0.05) is 17.2 Å². The first-order valence-electron chi connectivity index (χ1n) is 8.26. The smallest absolute Gasteiger partial charge is 0.232 e. The number of rotatable bonds is 11. The fraction of sp³-hybridized carbons (Fsp3) is 0.824. The van der Waals surface area contributed by atoms with Crippen LogP contribution in [0.1, 0.15) is 84.3 Å². The maximum absolute atomic E-state index is 5.22. The first kappa shape index (κ1) is 17.1. The highest BCUT2D eigenvalue weighted by atomic mass is 16.5. The summed E-state index contributed by atoms with van der Waals surface area (Å²) >= 11 is 0. The molecule has 1 aromatic heterocycles. The summed E-state index contributed by atoms with van der Waals surface area (Å²) in [5.41, 5.74) is 1.45. The van der Waals surface area contributed by atoms with E-state index in [-0.39, 0.29) is 5.41 Å². The van der Waals surface area contributed by atoms with E-state index < -0.39 is 0 Å². The third kappa shape index (κ3) is 5.18. The van der Waals surface area contributed by atoms with E-state index in [4.69, 9.17) is 4.74 Å². The summed E-state index contributed by atoms with van der Waals surface area (Å²) < 4.78 is 5.22. The van der Waals surface area contributed by atoms with E-state index in [0.717, 1.165) is 0 Å². The molecule has 3 nitrogen and oxygen atoms in total. The zero-order valence-corrected chi connectivity index (χ0v) is 13.8. The predicted octanol–water partition coefficient (Wildman–Crippen LogP) is 5.23. The van der Waals surface area contributed by atoms with Crippen LogP contribution >= 0.6 is 0 Å². The molecule has 0 saturated carbocycles.